The molecular formula is C18H21F3N2O2. The van der Waals surface area contributed by atoms with Crippen LogP contribution in [0, 0.1) is 11.8 Å². The van der Waals surface area contributed by atoms with Gasteiger partial charge in [0.1, 0.15) is 0 Å². The van der Waals surface area contributed by atoms with Gasteiger partial charge in [0.25, 0.3) is 0 Å². The van der Waals surface area contributed by atoms with Crippen LogP contribution < -0.4 is 5.32 Å². The second-order valence-electron chi connectivity index (χ2n) is 6.48. The van der Waals surface area contributed by atoms with E-state index in [1.165, 1.54) is 12.1 Å². The summed E-state index contributed by atoms with van der Waals surface area (Å²) in [6.45, 7) is 6.20. The van der Waals surface area contributed by atoms with Crippen molar-refractivity contribution in [2.75, 3.05) is 32.8 Å². The van der Waals surface area contributed by atoms with E-state index in [1.54, 1.807) is 0 Å². The van der Waals surface area contributed by atoms with Crippen LogP contribution >= 0.6 is 0 Å². The van der Waals surface area contributed by atoms with Crippen LogP contribution in [0.1, 0.15) is 25.0 Å². The van der Waals surface area contributed by atoms with Crippen molar-refractivity contribution in [1.82, 2.24) is 10.2 Å². The molecule has 25 heavy (non-hydrogen) atoms. The lowest BCUT2D eigenvalue weighted by Gasteiger charge is -2.37. The first-order valence-corrected chi connectivity index (χ1v) is 7.95. The third kappa shape index (κ3) is 6.40. The summed E-state index contributed by atoms with van der Waals surface area (Å²) < 4.78 is 43.4. The number of carbonyl (C=O) groups excluding carboxylic acids is 1. The number of carbonyl (C=O) groups is 1. The molecule has 0 bridgehead atoms. The van der Waals surface area contributed by atoms with Gasteiger partial charge in [0.05, 0.1) is 30.9 Å². The second-order valence-corrected chi connectivity index (χ2v) is 6.48. The number of benzene rings is 1. The highest BCUT2D eigenvalue weighted by atomic mass is 19.4. The maximum Gasteiger partial charge on any atom is 0.416 e. The average molecular weight is 354 g/mol. The maximum atomic E-state index is 12.6. The Morgan fingerprint density at radius 2 is 2.16 bits per heavy atom. The van der Waals surface area contributed by atoms with Gasteiger partial charge in [-0.05, 0) is 32.0 Å². The summed E-state index contributed by atoms with van der Waals surface area (Å²) in [4.78, 5) is 13.9. The Bertz CT molecular complexity index is 675. The van der Waals surface area contributed by atoms with Crippen molar-refractivity contribution < 1.29 is 22.7 Å². The highest BCUT2D eigenvalue weighted by Crippen LogP contribution is 2.29. The molecule has 1 fully saturated rings. The van der Waals surface area contributed by atoms with Gasteiger partial charge >= 0.3 is 6.18 Å². The van der Waals surface area contributed by atoms with Crippen LogP contribution in [-0.2, 0) is 15.7 Å². The standard InChI is InChI=1S/C18H21F3N2O2/c1-17(2)13-23(9-10-25-17)12-16(24)22-8-4-6-14-5-3-7-15(11-14)18(19,20)21/h3,5,7,11H,8-10,12-13H2,1-2H3,(H,22,24). The number of amides is 1. The fraction of sp³-hybridized carbons (Fsp3) is 0.500. The number of morpholine rings is 1. The number of halogens is 3. The van der Waals surface area contributed by atoms with Crippen molar-refractivity contribution in [3.05, 3.63) is 35.4 Å². The van der Waals surface area contributed by atoms with Gasteiger partial charge < -0.3 is 10.1 Å². The van der Waals surface area contributed by atoms with Crippen LogP contribution in [0.2, 0.25) is 0 Å². The summed E-state index contributed by atoms with van der Waals surface area (Å²) in [5.74, 6) is 5.13. The van der Waals surface area contributed by atoms with Crippen molar-refractivity contribution in [2.45, 2.75) is 25.6 Å². The van der Waals surface area contributed by atoms with E-state index in [1.807, 2.05) is 18.7 Å². The van der Waals surface area contributed by atoms with Crippen LogP contribution in [0.4, 0.5) is 13.2 Å². The molecule has 7 heteroatoms. The van der Waals surface area contributed by atoms with Gasteiger partial charge in [-0.15, -0.1) is 0 Å². The molecule has 1 aliphatic heterocycles. The van der Waals surface area contributed by atoms with Crippen molar-refractivity contribution in [3.8, 4) is 11.8 Å². The Hall–Kier alpha value is -2.04. The van der Waals surface area contributed by atoms with Crippen LogP contribution in [0.5, 0.6) is 0 Å². The van der Waals surface area contributed by atoms with Crippen LogP contribution in [-0.4, -0.2) is 49.2 Å². The summed E-state index contributed by atoms with van der Waals surface area (Å²) in [7, 11) is 0. The minimum Gasteiger partial charge on any atom is -0.373 e. The van der Waals surface area contributed by atoms with E-state index in [0.29, 0.717) is 19.7 Å². The van der Waals surface area contributed by atoms with Crippen LogP contribution in [0.15, 0.2) is 24.3 Å². The third-order valence-electron chi connectivity index (χ3n) is 3.67. The average Bonchev–Trinajstić information content (AvgIpc) is 2.50. The molecule has 1 saturated heterocycles. The van der Waals surface area contributed by atoms with E-state index in [2.05, 4.69) is 17.2 Å². The smallest absolute Gasteiger partial charge is 0.373 e. The van der Waals surface area contributed by atoms with Gasteiger partial charge in [-0.25, -0.2) is 0 Å². The molecule has 0 atom stereocenters. The molecular weight excluding hydrogens is 333 g/mol. The van der Waals surface area contributed by atoms with Crippen molar-refractivity contribution in [3.63, 3.8) is 0 Å². The molecule has 0 saturated carbocycles. The zero-order valence-electron chi connectivity index (χ0n) is 14.2. The lowest BCUT2D eigenvalue weighted by atomic mass is 10.1. The van der Waals surface area contributed by atoms with Gasteiger partial charge in [-0.3, -0.25) is 9.69 Å². The SMILES string of the molecule is CC1(C)CN(CC(=O)NCC#Cc2cccc(C(F)(F)F)c2)CCO1. The number of nitrogens with zero attached hydrogens (tertiary/aromatic N) is 1. The Labute approximate surface area is 145 Å². The van der Waals surface area contributed by atoms with Crippen molar-refractivity contribution >= 4 is 5.91 Å². The van der Waals surface area contributed by atoms with Gasteiger partial charge in [-0.1, -0.05) is 17.9 Å². The quantitative estimate of drug-likeness (QED) is 0.847. The minimum atomic E-state index is -4.39. The van der Waals surface area contributed by atoms with E-state index in [-0.39, 0.29) is 30.2 Å². The zero-order chi connectivity index (χ0) is 18.5. The number of nitrogens with one attached hydrogen (secondary N) is 1. The Morgan fingerprint density at radius 1 is 1.40 bits per heavy atom. The summed E-state index contributed by atoms with van der Waals surface area (Å²) in [5, 5.41) is 2.66. The van der Waals surface area contributed by atoms with E-state index in [9.17, 15) is 18.0 Å². The first-order chi connectivity index (χ1) is 11.7. The molecule has 1 aromatic rings. The van der Waals surface area contributed by atoms with Crippen molar-refractivity contribution in [1.29, 1.82) is 0 Å². The van der Waals surface area contributed by atoms with E-state index in [4.69, 9.17) is 4.74 Å². The predicted octanol–water partition coefficient (Wildman–Crippen LogP) is 2.28. The van der Waals surface area contributed by atoms with Gasteiger partial charge in [0, 0.05) is 18.7 Å². The summed E-state index contributed by atoms with van der Waals surface area (Å²) in [5.41, 5.74) is -0.751. The summed E-state index contributed by atoms with van der Waals surface area (Å²) in [6, 6.07) is 4.80. The molecule has 1 heterocycles. The van der Waals surface area contributed by atoms with Crippen LogP contribution in [0.3, 0.4) is 0 Å². The Morgan fingerprint density at radius 3 is 2.84 bits per heavy atom. The summed E-state index contributed by atoms with van der Waals surface area (Å²) >= 11 is 0. The molecule has 136 valence electrons. The van der Waals surface area contributed by atoms with Crippen LogP contribution in [0.25, 0.3) is 0 Å². The van der Waals surface area contributed by atoms with Gasteiger partial charge in [0.15, 0.2) is 0 Å². The maximum absolute atomic E-state index is 12.6. The first-order valence-electron chi connectivity index (χ1n) is 7.95. The lowest BCUT2D eigenvalue weighted by Crippen LogP contribution is -2.51. The largest absolute Gasteiger partial charge is 0.416 e. The number of ether oxygens (including phenoxy) is 1. The lowest BCUT2D eigenvalue weighted by molar-refractivity contribution is -0.137. The molecule has 4 nitrogen and oxygen atoms in total. The fourth-order valence-electron chi connectivity index (χ4n) is 2.57. The third-order valence-corrected chi connectivity index (χ3v) is 3.67. The number of hydrogen-bond donors (Lipinski definition) is 1. The predicted molar refractivity (Wildman–Crippen MR) is 87.8 cm³/mol. The normalized spacial score (nSPS) is 17.5. The van der Waals surface area contributed by atoms with E-state index < -0.39 is 11.7 Å². The van der Waals surface area contributed by atoms with Gasteiger partial charge in [-0.2, -0.15) is 13.2 Å². The Balaban J connectivity index is 1.81. The van der Waals surface area contributed by atoms with E-state index >= 15 is 0 Å². The topological polar surface area (TPSA) is 41.6 Å². The Kier molecular flexibility index (Phi) is 6.09. The molecule has 1 aliphatic rings. The summed E-state index contributed by atoms with van der Waals surface area (Å²) in [6.07, 6.45) is -4.39. The molecule has 0 spiro atoms. The number of rotatable bonds is 3. The molecule has 0 radical (unpaired) electrons. The molecule has 2 rings (SSSR count). The molecule has 1 N–H and O–H groups in total. The fourth-order valence-corrected chi connectivity index (χ4v) is 2.57. The highest BCUT2D eigenvalue weighted by Gasteiger charge is 2.30. The molecule has 0 aromatic heterocycles. The molecule has 0 unspecified atom stereocenters. The zero-order valence-corrected chi connectivity index (χ0v) is 14.2. The number of hydrogen-bond acceptors (Lipinski definition) is 3. The minimum absolute atomic E-state index is 0.0861. The molecule has 1 aromatic carbocycles. The molecule has 1 amide bonds. The molecule has 0 aliphatic carbocycles. The van der Waals surface area contributed by atoms with Gasteiger partial charge in [0.2, 0.25) is 5.91 Å². The second kappa shape index (κ2) is 7.89. The first kappa shape index (κ1) is 19.3. The van der Waals surface area contributed by atoms with E-state index in [0.717, 1.165) is 12.1 Å². The monoisotopic (exact) mass is 354 g/mol. The van der Waals surface area contributed by atoms with Crippen molar-refractivity contribution in [2.24, 2.45) is 0 Å². The number of alkyl halides is 3. The highest BCUT2D eigenvalue weighted by molar-refractivity contribution is 5.78.